The summed E-state index contributed by atoms with van der Waals surface area (Å²) in [6.07, 6.45) is 35.3. The summed E-state index contributed by atoms with van der Waals surface area (Å²) < 4.78 is 29.9. The zero-order valence-corrected chi connectivity index (χ0v) is 85.0. The van der Waals surface area contributed by atoms with Gasteiger partial charge in [0.15, 0.2) is 5.88 Å². The van der Waals surface area contributed by atoms with Crippen LogP contribution in [0.5, 0.6) is 0 Å². The number of allylic oxidation sites excluding steroid dienone is 2. The van der Waals surface area contributed by atoms with E-state index in [0.717, 1.165) is 178 Å². The van der Waals surface area contributed by atoms with Gasteiger partial charge in [0.05, 0.1) is 91.8 Å². The molecule has 2 atom stereocenters. The number of likely N-dealkylation sites (tertiary alicyclic amines) is 1. The Morgan fingerprint density at radius 3 is 1.55 bits per heavy atom. The first-order valence-electron chi connectivity index (χ1n) is 51.3. The molecule has 2 aliphatic carbocycles. The predicted molar refractivity (Wildman–Crippen MR) is 581 cm³/mol. The van der Waals surface area contributed by atoms with Crippen LogP contribution in [0.4, 0.5) is 52.4 Å². The minimum atomic E-state index is -0.244. The maximum absolute atomic E-state index is 13.8. The van der Waals surface area contributed by atoms with E-state index in [9.17, 15) is 19.2 Å². The normalized spacial score (nSPS) is 16.3. The fraction of sp³-hybridized carbons (Fsp3) is 0.357. The van der Waals surface area contributed by atoms with Crippen LogP contribution in [0.1, 0.15) is 190 Å². The van der Waals surface area contributed by atoms with Gasteiger partial charge in [-0.15, -0.1) is 0 Å². The Kier molecular flexibility index (Phi) is 32.8. The number of fused-ring (bicyclic) bond motifs is 4. The molecule has 5 aliphatic heterocycles. The van der Waals surface area contributed by atoms with Crippen molar-refractivity contribution in [3.05, 3.63) is 303 Å². The third kappa shape index (κ3) is 25.0. The second-order valence-corrected chi connectivity index (χ2v) is 38.8. The van der Waals surface area contributed by atoms with E-state index in [2.05, 4.69) is 222 Å². The molecule has 0 spiro atoms. The number of hydrogen-bond donors (Lipinski definition) is 7. The molecule has 11 aromatic heterocycles. The zero-order chi connectivity index (χ0) is 102. The molecule has 148 heavy (non-hydrogen) atoms. The number of rotatable bonds is 21. The molecule has 2 unspecified atom stereocenters. The molecule has 32 nitrogen and oxygen atoms in total. The van der Waals surface area contributed by atoms with Crippen molar-refractivity contribution in [2.75, 3.05) is 118 Å². The van der Waals surface area contributed by atoms with E-state index in [1.807, 2.05) is 75.7 Å². The smallest absolute Gasteiger partial charge is 0.268 e. The number of morpholine rings is 1. The predicted octanol–water partition coefficient (Wildman–Crippen LogP) is 17.2. The van der Waals surface area contributed by atoms with Gasteiger partial charge in [0, 0.05) is 139 Å². The lowest BCUT2D eigenvalue weighted by atomic mass is 9.90. The second-order valence-electron chi connectivity index (χ2n) is 38.5. The summed E-state index contributed by atoms with van der Waals surface area (Å²) in [7, 11) is 4.06. The third-order valence-corrected chi connectivity index (χ3v) is 28.0. The van der Waals surface area contributed by atoms with Crippen LogP contribution in [-0.4, -0.2) is 170 Å². The van der Waals surface area contributed by atoms with E-state index < -0.39 is 0 Å². The minimum absolute atomic E-state index is 0.105. The Hall–Kier alpha value is -15.7. The molecule has 0 bridgehead atoms. The first-order chi connectivity index (χ1) is 72.4. The minimum Gasteiger partial charge on any atom is -0.448 e. The van der Waals surface area contributed by atoms with Crippen molar-refractivity contribution < 1.29 is 18.4 Å². The number of anilines is 9. The zero-order valence-electron chi connectivity index (χ0n) is 84.2. The first-order valence-corrected chi connectivity index (χ1v) is 51.7. The summed E-state index contributed by atoms with van der Waals surface area (Å²) >= 11 is 6.17. The molecule has 1 saturated carbocycles. The molecule has 33 heteroatoms. The summed E-state index contributed by atoms with van der Waals surface area (Å²) in [4.78, 5) is 99.4. The monoisotopic (exact) mass is 2000 g/mol. The number of benzene rings is 4. The lowest BCUT2D eigenvalue weighted by molar-refractivity contribution is 0.120. The largest absolute Gasteiger partial charge is 0.448 e. The molecular weight excluding hydrogens is 1880 g/mol. The topological polar surface area (TPSA) is 357 Å². The van der Waals surface area contributed by atoms with Crippen molar-refractivity contribution in [3.8, 4) is 47.5 Å². The highest BCUT2D eigenvalue weighted by Crippen LogP contribution is 2.35. The standard InChI is InChI=1S/C32H34N6O3.C29H29ClN6O2.C27H29N7O2.C27H29N5O/c1-22(2)3-4-25-19-27-20-34-32(35-28-7-5-23(6-8-28)24-9-12-33-13-10-24)36-29(27)38(30(25)39)21-26-11-16-41-31(26)37-14-17-40-18-15-37;30-26-24(17-33-38-26)18-36-27-23(14-21(28(36)37)8-7-19-4-1-2-5-19)16-32-29(35-27)34-25-11-9-20(10-12-25)22-6-3-13-31-15-22;1-3-36-13-10-21-14-22-15-30-27(31-23-6-4-19(5-7-23)20-8-11-28-12-9-20)32-25(22)34(26(21)35)17-24-16-29-18-33(24)2;1-3-32-25-23(16-21(26(32)33)9-8-19-6-4-5-7-19)17-28-27(30-25)29-24-12-10-20(11-13-24)22-14-15-31(2)18-22/h5-9,11,16,19-20,22,33H,10,12-15,17-18,21H2,1-2H3,(H,34,35,36);9-12,14,16-17,19,22,31H,1-6,13,15,18H2,(H,32,34,35);4-7,14-16,18,20,28H,3,8-9,11-12,17H2,1-2H3,(H,30,31,32);6,10-13,16-17,22H,3-5,7,14-15,18H2,1-2H3,(H,28,29,30). The van der Waals surface area contributed by atoms with E-state index in [-0.39, 0.29) is 39.9 Å². The van der Waals surface area contributed by atoms with Crippen molar-refractivity contribution in [2.45, 2.75) is 155 Å². The van der Waals surface area contributed by atoms with Crippen LogP contribution in [0.25, 0.3) is 49.7 Å². The van der Waals surface area contributed by atoms with Gasteiger partial charge in [-0.3, -0.25) is 37.4 Å². The average Bonchev–Trinajstić information content (AvgIpc) is 1.12. The van der Waals surface area contributed by atoms with Crippen LogP contribution in [0.3, 0.4) is 0 Å². The number of piperidine rings is 2. The number of nitrogens with zero attached hydrogens (tertiary/aromatic N) is 17. The van der Waals surface area contributed by atoms with Gasteiger partial charge < -0.3 is 70.0 Å². The molecule has 4 saturated heterocycles. The van der Waals surface area contributed by atoms with Gasteiger partial charge in [-0.2, -0.15) is 19.9 Å². The highest BCUT2D eigenvalue weighted by atomic mass is 35.5. The van der Waals surface area contributed by atoms with Crippen LogP contribution in [0.15, 0.2) is 223 Å². The Morgan fingerprint density at radius 2 is 1.05 bits per heavy atom. The first kappa shape index (κ1) is 101. The van der Waals surface area contributed by atoms with Gasteiger partial charge in [0.2, 0.25) is 29.0 Å². The number of hydrogen-bond acceptors (Lipinski definition) is 27. The number of imidazole rings is 1. The number of aryl methyl sites for hydroxylation is 2. The number of furan rings is 1. The highest BCUT2D eigenvalue weighted by molar-refractivity contribution is 6.29. The number of halogens is 1. The number of aromatic nitrogens is 15. The van der Waals surface area contributed by atoms with Gasteiger partial charge in [0.1, 0.15) is 28.7 Å². The van der Waals surface area contributed by atoms with E-state index in [0.29, 0.717) is 143 Å². The van der Waals surface area contributed by atoms with Crippen molar-refractivity contribution in [1.29, 1.82) is 0 Å². The molecule has 7 N–H and O–H groups in total. The number of ether oxygens (including phenoxy) is 2. The summed E-state index contributed by atoms with van der Waals surface area (Å²) in [6, 6.07) is 42.6. The maximum Gasteiger partial charge on any atom is 0.268 e. The van der Waals surface area contributed by atoms with E-state index in [1.165, 1.54) is 66.1 Å². The lowest BCUT2D eigenvalue weighted by Gasteiger charge is -2.27. The molecule has 7 aliphatic rings. The fourth-order valence-corrected chi connectivity index (χ4v) is 19.7. The van der Waals surface area contributed by atoms with E-state index in [1.54, 1.807) is 80.0 Å². The quantitative estimate of drug-likeness (QED) is 0.0329. The second kappa shape index (κ2) is 48.1. The van der Waals surface area contributed by atoms with Crippen LogP contribution < -0.4 is 64.4 Å². The Morgan fingerprint density at radius 1 is 0.507 bits per heavy atom. The molecule has 5 fully saturated rings. The van der Waals surface area contributed by atoms with Crippen molar-refractivity contribution in [2.24, 2.45) is 18.9 Å². The van der Waals surface area contributed by atoms with Crippen LogP contribution >= 0.6 is 11.6 Å². The maximum atomic E-state index is 13.8. The van der Waals surface area contributed by atoms with Crippen molar-refractivity contribution >= 4 is 114 Å². The number of nitrogens with one attached hydrogen (secondary N) is 7. The molecular formula is C115H121ClN24O8. The van der Waals surface area contributed by atoms with Gasteiger partial charge in [-0.25, -0.2) is 24.9 Å². The Balaban J connectivity index is 0.000000124. The van der Waals surface area contributed by atoms with Gasteiger partial charge in [0.25, 0.3) is 22.2 Å². The Bertz CT molecular complexity index is 7890. The molecule has 15 aromatic rings. The Labute approximate surface area is 863 Å². The van der Waals surface area contributed by atoms with Crippen molar-refractivity contribution in [1.82, 2.24) is 93.7 Å². The molecule has 0 radical (unpaired) electrons. The molecule has 22 rings (SSSR count). The number of pyridine rings is 4. The van der Waals surface area contributed by atoms with Crippen LogP contribution in [0.2, 0.25) is 5.22 Å². The van der Waals surface area contributed by atoms with Gasteiger partial charge in [-0.05, 0) is 272 Å². The molecule has 16 heterocycles. The highest BCUT2D eigenvalue weighted by Gasteiger charge is 2.27. The van der Waals surface area contributed by atoms with Gasteiger partial charge >= 0.3 is 0 Å². The van der Waals surface area contributed by atoms with Crippen molar-refractivity contribution in [3.63, 3.8) is 0 Å². The lowest BCUT2D eigenvalue weighted by Crippen LogP contribution is -2.36. The van der Waals surface area contributed by atoms with Gasteiger partial charge in [-0.1, -0.05) is 128 Å². The molecule has 4 aromatic carbocycles. The van der Waals surface area contributed by atoms with E-state index in [4.69, 9.17) is 45.0 Å². The summed E-state index contributed by atoms with van der Waals surface area (Å²) in [5.74, 6) is 26.4. The number of likely N-dealkylation sites (N-methyl/N-ethyl adjacent to an activating group) is 1. The summed E-state index contributed by atoms with van der Waals surface area (Å²) in [6.45, 7) is 20.7. The van der Waals surface area contributed by atoms with E-state index >= 15 is 0 Å². The summed E-state index contributed by atoms with van der Waals surface area (Å²) in [5.41, 5.74) is 16.8. The summed E-state index contributed by atoms with van der Waals surface area (Å²) in [5, 5.41) is 30.3. The van der Waals surface area contributed by atoms with Crippen LogP contribution in [-0.2, 0) is 42.7 Å². The molecule has 756 valence electrons. The average molecular weight is 2000 g/mol. The third-order valence-electron chi connectivity index (χ3n) is 27.7. The fourth-order valence-electron chi connectivity index (χ4n) is 19.6. The van der Waals surface area contributed by atoms with Crippen LogP contribution in [0, 0.1) is 59.4 Å². The SMILES string of the molecule is CC(C)C#Cc1cc2cnc(Nc3ccc(C4=CCNCC4)cc3)nc2n(Cc2ccoc2N2CCOCC2)c1=O.CCOC#Cc1cc2cnc(Nc3ccc(C4CCNCC4)cc3)nc2n(Cc2cncn2C)c1=O.CCn1c(=O)c(C#CC2=CCCC2)cc2cnc(Nc3ccc(C4CCN(C)C4)cc3)nc21.O=c1c(C#CC2CCCC2)cc2cnc(Nc3ccc(C4CCCNC4)cc3)nc2n1Cc1cnoc1Cl. The molecule has 0 amide bonds.